The van der Waals surface area contributed by atoms with E-state index in [9.17, 15) is 4.79 Å². The van der Waals surface area contributed by atoms with Crippen LogP contribution in [0.25, 0.3) is 0 Å². The first-order valence-electron chi connectivity index (χ1n) is 6.32. The van der Waals surface area contributed by atoms with Crippen LogP contribution in [-0.4, -0.2) is 32.2 Å². The van der Waals surface area contributed by atoms with Gasteiger partial charge in [0.25, 0.3) is 5.91 Å². The second-order valence-electron chi connectivity index (χ2n) is 4.46. The van der Waals surface area contributed by atoms with Gasteiger partial charge in [-0.25, -0.2) is 4.98 Å². The van der Waals surface area contributed by atoms with E-state index in [2.05, 4.69) is 31.7 Å². The molecule has 2 aromatic rings. The van der Waals surface area contributed by atoms with E-state index in [0.29, 0.717) is 22.1 Å². The number of aromatic nitrogens is 3. The fourth-order valence-electron chi connectivity index (χ4n) is 1.61. The van der Waals surface area contributed by atoms with E-state index in [1.54, 1.807) is 18.2 Å². The van der Waals surface area contributed by atoms with E-state index >= 15 is 0 Å². The van der Waals surface area contributed by atoms with Crippen molar-refractivity contribution in [3.05, 3.63) is 34.5 Å². The molecule has 2 N–H and O–H groups in total. The van der Waals surface area contributed by atoms with Crippen molar-refractivity contribution in [2.45, 2.75) is 19.8 Å². The molecule has 0 saturated heterocycles. The molecule has 0 saturated carbocycles. The lowest BCUT2D eigenvalue weighted by Crippen LogP contribution is -2.14. The molecule has 0 unspecified atom stereocenters. The molecule has 0 radical (unpaired) electrons. The predicted molar refractivity (Wildman–Crippen MR) is 80.2 cm³/mol. The zero-order valence-electron chi connectivity index (χ0n) is 11.6. The summed E-state index contributed by atoms with van der Waals surface area (Å²) in [6, 6.07) is 5.11. The molecule has 0 bridgehead atoms. The van der Waals surface area contributed by atoms with Crippen molar-refractivity contribution in [1.29, 1.82) is 0 Å². The summed E-state index contributed by atoms with van der Waals surface area (Å²) in [4.78, 5) is 16.9. The van der Waals surface area contributed by atoms with Crippen LogP contribution < -0.4 is 5.32 Å². The van der Waals surface area contributed by atoms with Gasteiger partial charge in [0.15, 0.2) is 0 Å². The number of nitrogens with zero attached hydrogens (tertiary/aromatic N) is 3. The zero-order chi connectivity index (χ0) is 15.2. The van der Waals surface area contributed by atoms with Gasteiger partial charge in [-0.2, -0.15) is 0 Å². The molecular weight excluding hydrogens is 288 g/mol. The van der Waals surface area contributed by atoms with Crippen LogP contribution in [0.2, 0.25) is 0 Å². The first-order valence-corrected chi connectivity index (χ1v) is 7.09. The largest absolute Gasteiger partial charge is 0.384 e. The summed E-state index contributed by atoms with van der Waals surface area (Å²) in [6.45, 7) is 3.68. The van der Waals surface area contributed by atoms with Crippen LogP contribution in [0.15, 0.2) is 18.2 Å². The Morgan fingerprint density at radius 2 is 2.29 bits per heavy atom. The molecule has 21 heavy (non-hydrogen) atoms. The zero-order valence-corrected chi connectivity index (χ0v) is 12.4. The fourth-order valence-corrected chi connectivity index (χ4v) is 2.32. The monoisotopic (exact) mass is 302 g/mol. The number of carbonyl (C=O) groups is 1. The quantitative estimate of drug-likeness (QED) is 0.842. The minimum absolute atomic E-state index is 0.124. The molecule has 2 rings (SSSR count). The Labute approximate surface area is 126 Å². The van der Waals surface area contributed by atoms with E-state index in [-0.39, 0.29) is 18.4 Å². The maximum absolute atomic E-state index is 12.2. The fraction of sp³-hybridized carbons (Fsp3) is 0.286. The van der Waals surface area contributed by atoms with Gasteiger partial charge in [0.2, 0.25) is 0 Å². The Morgan fingerprint density at radius 3 is 3.00 bits per heavy atom. The number of carbonyl (C=O) groups excluding carboxylic acids is 1. The molecule has 108 valence electrons. The van der Waals surface area contributed by atoms with Crippen LogP contribution >= 0.6 is 11.5 Å². The molecule has 1 amide bonds. The number of rotatable bonds is 3. The van der Waals surface area contributed by atoms with Crippen molar-refractivity contribution in [1.82, 2.24) is 14.6 Å². The lowest BCUT2D eigenvalue weighted by Gasteiger charge is -2.05. The minimum atomic E-state index is -0.284. The Balaban J connectivity index is 2.18. The number of anilines is 1. The van der Waals surface area contributed by atoms with Gasteiger partial charge in [-0.15, -0.1) is 5.10 Å². The number of nitrogens with one attached hydrogen (secondary N) is 1. The first-order chi connectivity index (χ1) is 10.1. The lowest BCUT2D eigenvalue weighted by atomic mass is 10.1. The standard InChI is InChI=1S/C14H14N4O2S/c1-9(2)12-13(21-18-17-12)14(20)16-11-7-3-5-10(15-11)6-4-8-19/h3,5,7,9,19H,8H2,1-2H3,(H,15,16,20). The Kier molecular flexibility index (Phi) is 4.98. The van der Waals surface area contributed by atoms with E-state index in [1.807, 2.05) is 13.8 Å². The predicted octanol–water partition coefficient (Wildman–Crippen LogP) is 1.65. The van der Waals surface area contributed by atoms with Crippen molar-refractivity contribution >= 4 is 23.3 Å². The Hall–Kier alpha value is -2.30. The third-order valence-electron chi connectivity index (χ3n) is 2.55. The summed E-state index contributed by atoms with van der Waals surface area (Å²) in [6.07, 6.45) is 0. The van der Waals surface area contributed by atoms with Crippen LogP contribution in [0, 0.1) is 11.8 Å². The van der Waals surface area contributed by atoms with Crippen LogP contribution in [0.5, 0.6) is 0 Å². The molecule has 0 atom stereocenters. The van der Waals surface area contributed by atoms with Gasteiger partial charge in [-0.3, -0.25) is 4.79 Å². The van der Waals surface area contributed by atoms with Gasteiger partial charge in [0.05, 0.1) is 5.69 Å². The number of aliphatic hydroxyl groups excluding tert-OH is 1. The van der Waals surface area contributed by atoms with Crippen molar-refractivity contribution in [3.63, 3.8) is 0 Å². The second-order valence-corrected chi connectivity index (χ2v) is 5.22. The van der Waals surface area contributed by atoms with Crippen molar-refractivity contribution in [2.24, 2.45) is 0 Å². The van der Waals surface area contributed by atoms with E-state index < -0.39 is 0 Å². The van der Waals surface area contributed by atoms with Crippen molar-refractivity contribution in [3.8, 4) is 11.8 Å². The Morgan fingerprint density at radius 1 is 1.48 bits per heavy atom. The third kappa shape index (κ3) is 3.84. The highest BCUT2D eigenvalue weighted by Gasteiger charge is 2.19. The number of hydrogen-bond acceptors (Lipinski definition) is 6. The van der Waals surface area contributed by atoms with Gasteiger partial charge >= 0.3 is 0 Å². The van der Waals surface area contributed by atoms with Gasteiger partial charge in [-0.1, -0.05) is 30.3 Å². The van der Waals surface area contributed by atoms with Crippen LogP contribution in [0.4, 0.5) is 5.82 Å². The summed E-state index contributed by atoms with van der Waals surface area (Å²) in [5.74, 6) is 5.43. The molecule has 7 heteroatoms. The highest BCUT2D eigenvalue weighted by Crippen LogP contribution is 2.20. The molecule has 0 aliphatic rings. The molecule has 0 aliphatic carbocycles. The maximum Gasteiger partial charge on any atom is 0.270 e. The summed E-state index contributed by atoms with van der Waals surface area (Å²) >= 11 is 1.06. The number of pyridine rings is 1. The van der Waals surface area contributed by atoms with Crippen molar-refractivity contribution in [2.75, 3.05) is 11.9 Å². The highest BCUT2D eigenvalue weighted by molar-refractivity contribution is 7.08. The topological polar surface area (TPSA) is 88.0 Å². The van der Waals surface area contributed by atoms with Gasteiger partial charge in [0, 0.05) is 0 Å². The first kappa shape index (κ1) is 15.1. The summed E-state index contributed by atoms with van der Waals surface area (Å²) < 4.78 is 3.82. The van der Waals surface area contributed by atoms with E-state index in [1.165, 1.54) is 0 Å². The summed E-state index contributed by atoms with van der Waals surface area (Å²) in [7, 11) is 0. The molecule has 6 nitrogen and oxygen atoms in total. The number of hydrogen-bond donors (Lipinski definition) is 2. The van der Waals surface area contributed by atoms with Crippen LogP contribution in [0.3, 0.4) is 0 Å². The summed E-state index contributed by atoms with van der Waals surface area (Å²) in [5.41, 5.74) is 1.15. The normalized spacial score (nSPS) is 10.1. The Bertz CT molecular complexity index is 700. The molecule has 0 aromatic carbocycles. The van der Waals surface area contributed by atoms with E-state index in [4.69, 9.17) is 5.11 Å². The second kappa shape index (κ2) is 6.92. The third-order valence-corrected chi connectivity index (χ3v) is 3.29. The smallest absolute Gasteiger partial charge is 0.270 e. The van der Waals surface area contributed by atoms with Gasteiger partial charge in [-0.05, 0) is 35.5 Å². The van der Waals surface area contributed by atoms with Crippen LogP contribution in [-0.2, 0) is 0 Å². The average molecular weight is 302 g/mol. The van der Waals surface area contributed by atoms with E-state index in [0.717, 1.165) is 11.5 Å². The van der Waals surface area contributed by atoms with Gasteiger partial charge in [0.1, 0.15) is 23.0 Å². The average Bonchev–Trinajstić information content (AvgIpc) is 2.95. The van der Waals surface area contributed by atoms with Gasteiger partial charge < -0.3 is 10.4 Å². The molecule has 2 heterocycles. The SMILES string of the molecule is CC(C)c1nnsc1C(=O)Nc1cccc(C#CCO)n1. The number of aliphatic hydroxyl groups is 1. The van der Waals surface area contributed by atoms with Crippen LogP contribution in [0.1, 0.15) is 40.8 Å². The molecule has 0 aliphatic heterocycles. The van der Waals surface area contributed by atoms with Crippen molar-refractivity contribution < 1.29 is 9.90 Å². The summed E-state index contributed by atoms with van der Waals surface area (Å²) in [5, 5.41) is 15.3. The minimum Gasteiger partial charge on any atom is -0.384 e. The molecule has 2 aromatic heterocycles. The molecule has 0 spiro atoms. The number of amides is 1. The molecule has 0 fully saturated rings. The highest BCUT2D eigenvalue weighted by atomic mass is 32.1. The maximum atomic E-state index is 12.2. The lowest BCUT2D eigenvalue weighted by molar-refractivity contribution is 0.102. The molecular formula is C14H14N4O2S.